The second-order valence-corrected chi connectivity index (χ2v) is 5.86. The maximum absolute atomic E-state index is 11.8. The lowest BCUT2D eigenvalue weighted by Gasteiger charge is -2.08. The van der Waals surface area contributed by atoms with E-state index in [2.05, 4.69) is 33.2 Å². The van der Waals surface area contributed by atoms with E-state index in [1.54, 1.807) is 18.2 Å². The summed E-state index contributed by atoms with van der Waals surface area (Å²) in [5, 5.41) is 6.32. The second kappa shape index (κ2) is 6.45. The van der Waals surface area contributed by atoms with E-state index >= 15 is 0 Å². The molecule has 2 aromatic carbocycles. The highest BCUT2D eigenvalue weighted by molar-refractivity contribution is 14.1. The number of rotatable bonds is 2. The largest absolute Gasteiger partial charge is 0.323 e. The molecule has 0 unspecified atom stereocenters. The zero-order chi connectivity index (χ0) is 13.8. The van der Waals surface area contributed by atoms with Crippen LogP contribution < -0.4 is 10.6 Å². The third-order valence-electron chi connectivity index (χ3n) is 2.22. The van der Waals surface area contributed by atoms with Crippen molar-refractivity contribution in [2.45, 2.75) is 0 Å². The van der Waals surface area contributed by atoms with Crippen LogP contribution in [-0.2, 0) is 0 Å². The van der Waals surface area contributed by atoms with Crippen molar-refractivity contribution in [3.8, 4) is 0 Å². The van der Waals surface area contributed by atoms with Crippen molar-refractivity contribution >= 4 is 63.2 Å². The Kier molecular flexibility index (Phi) is 4.90. The minimum absolute atomic E-state index is 0.348. The molecule has 0 spiro atoms. The molecule has 0 radical (unpaired) electrons. The van der Waals surface area contributed by atoms with Crippen molar-refractivity contribution in [2.24, 2.45) is 0 Å². The Morgan fingerprint density at radius 1 is 0.895 bits per heavy atom. The summed E-state index contributed by atoms with van der Waals surface area (Å²) < 4.78 is 1.10. The summed E-state index contributed by atoms with van der Waals surface area (Å²) in [5.41, 5.74) is 1.26. The number of benzene rings is 2. The number of hydrogen-bond donors (Lipinski definition) is 2. The minimum atomic E-state index is -0.348. The Morgan fingerprint density at radius 3 is 2.00 bits per heavy atom. The predicted octanol–water partition coefficient (Wildman–Crippen LogP) is 5.24. The van der Waals surface area contributed by atoms with E-state index in [9.17, 15) is 4.79 Å². The standard InChI is InChI=1S/C13H9Cl2IN2O/c14-8-5-9(15)7-12(6-8)18-13(19)17-11-3-1-10(16)2-4-11/h1-7H,(H2,17,18,19). The number of urea groups is 1. The van der Waals surface area contributed by atoms with Crippen LogP contribution in [-0.4, -0.2) is 6.03 Å². The molecule has 2 aromatic rings. The topological polar surface area (TPSA) is 41.1 Å². The van der Waals surface area contributed by atoms with E-state index in [1.165, 1.54) is 0 Å². The van der Waals surface area contributed by atoms with Gasteiger partial charge in [0.1, 0.15) is 0 Å². The first-order chi connectivity index (χ1) is 9.02. The van der Waals surface area contributed by atoms with Gasteiger partial charge in [-0.05, 0) is 65.1 Å². The van der Waals surface area contributed by atoms with Crippen LogP contribution in [0.4, 0.5) is 16.2 Å². The van der Waals surface area contributed by atoms with E-state index in [0.717, 1.165) is 3.57 Å². The fraction of sp³-hybridized carbons (Fsp3) is 0. The smallest absolute Gasteiger partial charge is 0.308 e. The molecule has 0 aliphatic rings. The van der Waals surface area contributed by atoms with E-state index in [4.69, 9.17) is 23.2 Å². The summed E-state index contributed by atoms with van der Waals surface area (Å²) >= 11 is 13.9. The van der Waals surface area contributed by atoms with Crippen molar-refractivity contribution in [2.75, 3.05) is 10.6 Å². The molecule has 19 heavy (non-hydrogen) atoms. The van der Waals surface area contributed by atoms with Gasteiger partial charge in [0.25, 0.3) is 0 Å². The van der Waals surface area contributed by atoms with Crippen molar-refractivity contribution < 1.29 is 4.79 Å². The molecule has 0 saturated heterocycles. The first kappa shape index (κ1) is 14.4. The average molecular weight is 407 g/mol. The second-order valence-electron chi connectivity index (χ2n) is 3.74. The number of amides is 2. The van der Waals surface area contributed by atoms with Gasteiger partial charge in [0.05, 0.1) is 0 Å². The van der Waals surface area contributed by atoms with Gasteiger partial charge >= 0.3 is 6.03 Å². The zero-order valence-electron chi connectivity index (χ0n) is 9.58. The predicted molar refractivity (Wildman–Crippen MR) is 88.3 cm³/mol. The van der Waals surface area contributed by atoms with Gasteiger partial charge in [0, 0.05) is 25.0 Å². The van der Waals surface area contributed by atoms with E-state index in [1.807, 2.05) is 24.3 Å². The first-order valence-electron chi connectivity index (χ1n) is 5.32. The summed E-state index contributed by atoms with van der Waals surface area (Å²) in [6.07, 6.45) is 0. The number of anilines is 2. The molecule has 0 atom stereocenters. The fourth-order valence-electron chi connectivity index (χ4n) is 1.45. The van der Waals surface area contributed by atoms with E-state index in [0.29, 0.717) is 21.4 Å². The molecule has 2 rings (SSSR count). The third kappa shape index (κ3) is 4.56. The molecular weight excluding hydrogens is 398 g/mol. The summed E-state index contributed by atoms with van der Waals surface area (Å²) in [6, 6.07) is 12.0. The highest BCUT2D eigenvalue weighted by atomic mass is 127. The quantitative estimate of drug-likeness (QED) is 0.657. The monoisotopic (exact) mass is 406 g/mol. The lowest BCUT2D eigenvalue weighted by atomic mass is 10.3. The average Bonchev–Trinajstić information content (AvgIpc) is 2.30. The maximum atomic E-state index is 11.8. The molecule has 0 saturated carbocycles. The van der Waals surface area contributed by atoms with Crippen LogP contribution >= 0.6 is 45.8 Å². The molecule has 0 aliphatic carbocycles. The molecule has 0 bridgehead atoms. The number of halogens is 3. The molecule has 98 valence electrons. The van der Waals surface area contributed by atoms with Crippen LogP contribution in [0.15, 0.2) is 42.5 Å². The molecule has 2 N–H and O–H groups in total. The SMILES string of the molecule is O=C(Nc1ccc(I)cc1)Nc1cc(Cl)cc(Cl)c1. The summed E-state index contributed by atoms with van der Waals surface area (Å²) in [6.45, 7) is 0. The van der Waals surface area contributed by atoms with Gasteiger partial charge in [-0.15, -0.1) is 0 Å². The van der Waals surface area contributed by atoms with Gasteiger partial charge in [-0.3, -0.25) is 0 Å². The van der Waals surface area contributed by atoms with Gasteiger partial charge in [-0.1, -0.05) is 23.2 Å². The van der Waals surface area contributed by atoms with Crippen LogP contribution in [0.5, 0.6) is 0 Å². The summed E-state index contributed by atoms with van der Waals surface area (Å²) in [5.74, 6) is 0. The molecule has 3 nitrogen and oxygen atoms in total. The number of nitrogens with one attached hydrogen (secondary N) is 2. The Balaban J connectivity index is 2.03. The minimum Gasteiger partial charge on any atom is -0.308 e. The lowest BCUT2D eigenvalue weighted by Crippen LogP contribution is -2.19. The molecule has 0 aliphatic heterocycles. The summed E-state index contributed by atoms with van der Waals surface area (Å²) in [7, 11) is 0. The Labute approximate surface area is 134 Å². The van der Waals surface area contributed by atoms with E-state index < -0.39 is 0 Å². The Morgan fingerprint density at radius 2 is 1.42 bits per heavy atom. The van der Waals surface area contributed by atoms with Crippen LogP contribution in [0.1, 0.15) is 0 Å². The summed E-state index contributed by atoms with van der Waals surface area (Å²) in [4.78, 5) is 11.8. The number of carbonyl (C=O) groups is 1. The van der Waals surface area contributed by atoms with Crippen LogP contribution in [0.2, 0.25) is 10.0 Å². The highest BCUT2D eigenvalue weighted by Crippen LogP contribution is 2.22. The fourth-order valence-corrected chi connectivity index (χ4v) is 2.34. The lowest BCUT2D eigenvalue weighted by molar-refractivity contribution is 0.262. The van der Waals surface area contributed by atoms with Gasteiger partial charge in [0.2, 0.25) is 0 Å². The van der Waals surface area contributed by atoms with E-state index in [-0.39, 0.29) is 6.03 Å². The van der Waals surface area contributed by atoms with Crippen molar-refractivity contribution in [3.05, 3.63) is 56.1 Å². The zero-order valence-corrected chi connectivity index (χ0v) is 13.3. The molecular formula is C13H9Cl2IN2O. The molecule has 0 fully saturated rings. The van der Waals surface area contributed by atoms with Crippen LogP contribution in [0.25, 0.3) is 0 Å². The van der Waals surface area contributed by atoms with Crippen LogP contribution in [0, 0.1) is 3.57 Å². The normalized spacial score (nSPS) is 10.1. The van der Waals surface area contributed by atoms with Crippen molar-refractivity contribution in [1.82, 2.24) is 0 Å². The number of hydrogen-bond acceptors (Lipinski definition) is 1. The van der Waals surface area contributed by atoms with Gasteiger partial charge in [0.15, 0.2) is 0 Å². The Hall–Kier alpha value is -0.980. The first-order valence-corrected chi connectivity index (χ1v) is 7.16. The molecule has 0 aromatic heterocycles. The van der Waals surface area contributed by atoms with Gasteiger partial charge in [-0.2, -0.15) is 0 Å². The number of carbonyl (C=O) groups excluding carboxylic acids is 1. The third-order valence-corrected chi connectivity index (χ3v) is 3.38. The highest BCUT2D eigenvalue weighted by Gasteiger charge is 2.04. The van der Waals surface area contributed by atoms with Crippen molar-refractivity contribution in [1.29, 1.82) is 0 Å². The molecule has 0 heterocycles. The Bertz CT molecular complexity index is 582. The molecule has 6 heteroatoms. The van der Waals surface area contributed by atoms with Crippen LogP contribution in [0.3, 0.4) is 0 Å². The maximum Gasteiger partial charge on any atom is 0.323 e. The van der Waals surface area contributed by atoms with Crippen molar-refractivity contribution in [3.63, 3.8) is 0 Å². The molecule has 2 amide bonds. The van der Waals surface area contributed by atoms with Gasteiger partial charge < -0.3 is 10.6 Å². The van der Waals surface area contributed by atoms with Gasteiger partial charge in [-0.25, -0.2) is 4.79 Å².